The van der Waals surface area contributed by atoms with E-state index in [0.29, 0.717) is 17.2 Å². The van der Waals surface area contributed by atoms with Gasteiger partial charge in [-0.05, 0) is 54.6 Å². The Morgan fingerprint density at radius 3 is 2.50 bits per heavy atom. The lowest BCUT2D eigenvalue weighted by molar-refractivity contribution is -0.122. The van der Waals surface area contributed by atoms with Gasteiger partial charge in [0, 0.05) is 5.56 Å². The molecular formula is C26H18N2O8. The van der Waals surface area contributed by atoms with Gasteiger partial charge in [-0.25, -0.2) is 14.5 Å². The molecule has 0 unspecified atom stereocenters. The number of anilines is 1. The van der Waals surface area contributed by atoms with Crippen molar-refractivity contribution in [3.63, 3.8) is 0 Å². The van der Waals surface area contributed by atoms with Crippen LogP contribution < -0.4 is 29.2 Å². The van der Waals surface area contributed by atoms with Crippen molar-refractivity contribution in [3.05, 3.63) is 83.4 Å². The zero-order valence-corrected chi connectivity index (χ0v) is 18.8. The van der Waals surface area contributed by atoms with Gasteiger partial charge in [-0.1, -0.05) is 18.2 Å². The summed E-state index contributed by atoms with van der Waals surface area (Å²) in [5, 5.41) is 2.16. The van der Waals surface area contributed by atoms with Crippen molar-refractivity contribution in [1.29, 1.82) is 0 Å². The number of esters is 1. The number of barbiturate groups is 1. The summed E-state index contributed by atoms with van der Waals surface area (Å²) >= 11 is 0. The molecule has 0 atom stereocenters. The minimum atomic E-state index is -0.880. The van der Waals surface area contributed by atoms with Gasteiger partial charge < -0.3 is 18.9 Å². The summed E-state index contributed by atoms with van der Waals surface area (Å²) in [6.07, 6.45) is 1.27. The number of urea groups is 1. The van der Waals surface area contributed by atoms with Crippen LogP contribution in [0, 0.1) is 0 Å². The third-order valence-corrected chi connectivity index (χ3v) is 5.46. The minimum Gasteiger partial charge on any atom is -0.497 e. The third-order valence-electron chi connectivity index (χ3n) is 5.46. The summed E-state index contributed by atoms with van der Waals surface area (Å²) in [4.78, 5) is 51.8. The normalized spacial score (nSPS) is 15.6. The highest BCUT2D eigenvalue weighted by atomic mass is 16.7. The van der Waals surface area contributed by atoms with Crippen molar-refractivity contribution in [3.8, 4) is 23.0 Å². The topological polar surface area (TPSA) is 120 Å². The van der Waals surface area contributed by atoms with Gasteiger partial charge in [0.2, 0.25) is 6.79 Å². The number of rotatable bonds is 5. The number of benzene rings is 3. The van der Waals surface area contributed by atoms with Crippen LogP contribution in [0.1, 0.15) is 15.9 Å². The number of hydrogen-bond donors (Lipinski definition) is 1. The first-order valence-electron chi connectivity index (χ1n) is 10.7. The Hall–Kier alpha value is -5.12. The second kappa shape index (κ2) is 9.26. The van der Waals surface area contributed by atoms with Gasteiger partial charge in [-0.3, -0.25) is 14.9 Å². The van der Waals surface area contributed by atoms with Crippen molar-refractivity contribution < 1.29 is 38.1 Å². The number of fused-ring (bicyclic) bond motifs is 1. The fraction of sp³-hybridized carbons (Fsp3) is 0.0769. The molecule has 0 aromatic heterocycles. The highest BCUT2D eigenvalue weighted by Gasteiger charge is 2.37. The van der Waals surface area contributed by atoms with Gasteiger partial charge in [0.05, 0.1) is 18.4 Å². The van der Waals surface area contributed by atoms with Crippen molar-refractivity contribution in [2.24, 2.45) is 0 Å². The average Bonchev–Trinajstić information content (AvgIpc) is 3.36. The Balaban J connectivity index is 1.43. The fourth-order valence-electron chi connectivity index (χ4n) is 3.65. The van der Waals surface area contributed by atoms with Crippen LogP contribution in [0.4, 0.5) is 10.5 Å². The Labute approximate surface area is 204 Å². The largest absolute Gasteiger partial charge is 0.497 e. The maximum Gasteiger partial charge on any atom is 0.343 e. The molecule has 0 aliphatic carbocycles. The molecule has 0 saturated carbocycles. The van der Waals surface area contributed by atoms with E-state index in [0.717, 1.165) is 4.90 Å². The second-order valence-electron chi connectivity index (χ2n) is 7.65. The lowest BCUT2D eigenvalue weighted by Gasteiger charge is -2.26. The molecule has 3 aromatic rings. The maximum atomic E-state index is 13.2. The van der Waals surface area contributed by atoms with Crippen LogP contribution in [0.3, 0.4) is 0 Å². The lowest BCUT2D eigenvalue weighted by atomic mass is 10.1. The summed E-state index contributed by atoms with van der Waals surface area (Å²) in [7, 11) is 1.49. The van der Waals surface area contributed by atoms with Crippen molar-refractivity contribution in [2.45, 2.75) is 0 Å². The Morgan fingerprint density at radius 1 is 0.972 bits per heavy atom. The molecule has 3 aromatic carbocycles. The fourth-order valence-corrected chi connectivity index (χ4v) is 3.65. The van der Waals surface area contributed by atoms with E-state index in [4.69, 9.17) is 18.9 Å². The summed E-state index contributed by atoms with van der Waals surface area (Å²) < 4.78 is 21.2. The van der Waals surface area contributed by atoms with Crippen LogP contribution in [0.25, 0.3) is 6.08 Å². The highest BCUT2D eigenvalue weighted by molar-refractivity contribution is 6.39. The van der Waals surface area contributed by atoms with E-state index < -0.39 is 23.8 Å². The van der Waals surface area contributed by atoms with Gasteiger partial charge >= 0.3 is 12.0 Å². The molecule has 0 spiro atoms. The Bertz CT molecular complexity index is 1430. The minimum absolute atomic E-state index is 0.0659. The van der Waals surface area contributed by atoms with Crippen LogP contribution in [0.5, 0.6) is 23.0 Å². The van der Waals surface area contributed by atoms with Gasteiger partial charge in [0.25, 0.3) is 11.8 Å². The van der Waals surface area contributed by atoms with Crippen LogP contribution in [0.2, 0.25) is 0 Å². The molecule has 36 heavy (non-hydrogen) atoms. The molecule has 2 aliphatic rings. The predicted octanol–water partition coefficient (Wildman–Crippen LogP) is 3.31. The summed E-state index contributed by atoms with van der Waals surface area (Å²) in [6.45, 7) is 0.0659. The number of para-hydroxylation sites is 1. The van der Waals surface area contributed by atoms with Crippen molar-refractivity contribution in [1.82, 2.24) is 5.32 Å². The molecule has 180 valence electrons. The lowest BCUT2D eigenvalue weighted by Crippen LogP contribution is -2.54. The molecule has 1 fully saturated rings. The van der Waals surface area contributed by atoms with Crippen LogP contribution in [-0.2, 0) is 9.59 Å². The number of amides is 4. The number of methoxy groups -OCH3 is 1. The first kappa shape index (κ1) is 22.7. The Kier molecular flexibility index (Phi) is 5.83. The van der Waals surface area contributed by atoms with Gasteiger partial charge in [0.15, 0.2) is 11.5 Å². The number of imide groups is 2. The molecule has 1 saturated heterocycles. The van der Waals surface area contributed by atoms with E-state index in [1.807, 2.05) is 0 Å². The SMILES string of the molecule is COc1ccc(N2C(=O)NC(=O)/C(=C/c3ccccc3OC(=O)c3ccc4c(c3)OCO4)C2=O)cc1. The number of carbonyl (C=O) groups excluding carboxylic acids is 4. The summed E-state index contributed by atoms with van der Waals surface area (Å²) in [6, 6.07) is 16.4. The molecule has 0 radical (unpaired) electrons. The van der Waals surface area contributed by atoms with E-state index in [2.05, 4.69) is 5.32 Å². The molecule has 10 heteroatoms. The van der Waals surface area contributed by atoms with Crippen LogP contribution in [-0.4, -0.2) is 37.7 Å². The molecule has 4 amide bonds. The molecule has 10 nitrogen and oxygen atoms in total. The van der Waals surface area contributed by atoms with Crippen LogP contribution >= 0.6 is 0 Å². The van der Waals surface area contributed by atoms with Gasteiger partial charge in [-0.2, -0.15) is 0 Å². The van der Waals surface area contributed by atoms with E-state index in [1.54, 1.807) is 36.4 Å². The highest BCUT2D eigenvalue weighted by Crippen LogP contribution is 2.33. The van der Waals surface area contributed by atoms with E-state index >= 15 is 0 Å². The summed E-state index contributed by atoms with van der Waals surface area (Å²) in [5.74, 6) is -0.775. The standard InChI is InChI=1S/C26H18N2O8/c1-33-18-9-7-17(8-10-18)28-24(30)19(23(29)27-26(28)32)12-15-4-2-3-5-20(15)36-25(31)16-6-11-21-22(13-16)35-14-34-21/h2-13H,14H2,1H3,(H,27,29,32)/b19-12-. The smallest absolute Gasteiger partial charge is 0.343 e. The van der Waals surface area contributed by atoms with E-state index in [1.165, 1.54) is 43.5 Å². The molecule has 2 aliphatic heterocycles. The summed E-state index contributed by atoms with van der Waals surface area (Å²) in [5.41, 5.74) is 0.454. The first-order valence-corrected chi connectivity index (χ1v) is 10.7. The van der Waals surface area contributed by atoms with E-state index in [-0.39, 0.29) is 34.9 Å². The number of ether oxygens (including phenoxy) is 4. The van der Waals surface area contributed by atoms with Crippen LogP contribution in [0.15, 0.2) is 72.3 Å². The molecule has 2 heterocycles. The zero-order chi connectivity index (χ0) is 25.2. The molecule has 1 N–H and O–H groups in total. The number of carbonyl (C=O) groups is 4. The molecule has 0 bridgehead atoms. The maximum absolute atomic E-state index is 13.2. The van der Waals surface area contributed by atoms with Gasteiger partial charge in [-0.15, -0.1) is 0 Å². The average molecular weight is 486 g/mol. The quantitative estimate of drug-likeness (QED) is 0.252. The predicted molar refractivity (Wildman–Crippen MR) is 126 cm³/mol. The zero-order valence-electron chi connectivity index (χ0n) is 18.8. The van der Waals surface area contributed by atoms with Crippen molar-refractivity contribution >= 4 is 35.6 Å². The second-order valence-corrected chi connectivity index (χ2v) is 7.65. The molecule has 5 rings (SSSR count). The van der Waals surface area contributed by atoms with E-state index in [9.17, 15) is 19.2 Å². The monoisotopic (exact) mass is 486 g/mol. The Morgan fingerprint density at radius 2 is 1.72 bits per heavy atom. The molecular weight excluding hydrogens is 468 g/mol. The number of nitrogens with zero attached hydrogens (tertiary/aromatic N) is 1. The van der Waals surface area contributed by atoms with Crippen molar-refractivity contribution in [2.75, 3.05) is 18.8 Å². The first-order chi connectivity index (χ1) is 17.4. The van der Waals surface area contributed by atoms with Gasteiger partial charge in [0.1, 0.15) is 17.1 Å². The third kappa shape index (κ3) is 4.23. The number of hydrogen-bond acceptors (Lipinski definition) is 8. The number of nitrogens with one attached hydrogen (secondary N) is 1.